The van der Waals surface area contributed by atoms with Crippen LogP contribution in [0.3, 0.4) is 0 Å². The number of benzene rings is 1. The average molecular weight is 1910 g/mol. The maximum atomic E-state index is 14.6. The van der Waals surface area contributed by atoms with Gasteiger partial charge >= 0.3 is 5.97 Å². The monoisotopic (exact) mass is 1910 g/mol. The second-order valence-electron chi connectivity index (χ2n) is 36.8. The number of fused-ring (bicyclic) bond motifs is 5. The van der Waals surface area contributed by atoms with Crippen LogP contribution in [0.15, 0.2) is 89.2 Å². The number of aliphatic hydroxyl groups excluding tert-OH is 3. The largest absolute Gasteiger partial charge is 0.459 e. The molecule has 1 aliphatic carbocycles. The Morgan fingerprint density at radius 1 is 0.735 bits per heavy atom. The number of aromatic nitrogens is 9. The Bertz CT molecular complexity index is 5040. The third-order valence-electron chi connectivity index (χ3n) is 26.7. The molecule has 1 aromatic carbocycles. The summed E-state index contributed by atoms with van der Waals surface area (Å²) in [6.45, 7) is 19.0. The van der Waals surface area contributed by atoms with Crippen molar-refractivity contribution < 1.29 is 91.6 Å². The Balaban J connectivity index is 0.535. The summed E-state index contributed by atoms with van der Waals surface area (Å²) >= 11 is 1.58. The number of rotatable bonds is 32. The van der Waals surface area contributed by atoms with Crippen molar-refractivity contribution in [3.8, 4) is 11.3 Å². The minimum absolute atomic E-state index is 0.00701. The number of piperidine rings is 1. The first kappa shape index (κ1) is 105. The number of esters is 1. The van der Waals surface area contributed by atoms with E-state index >= 15 is 0 Å². The fourth-order valence-corrected chi connectivity index (χ4v) is 19.8. The first-order chi connectivity index (χ1) is 65.4. The first-order valence-electron chi connectivity index (χ1n) is 47.8. The molecule has 6 aliphatic rings. The second kappa shape index (κ2) is 51.0. The molecule has 14 N–H and O–H groups in total. The van der Waals surface area contributed by atoms with E-state index < -0.39 is 90.1 Å². The van der Waals surface area contributed by atoms with E-state index in [9.17, 15) is 59.4 Å². The van der Waals surface area contributed by atoms with Gasteiger partial charge in [-0.15, -0.1) is 11.8 Å². The third-order valence-corrected chi connectivity index (χ3v) is 28.0. The summed E-state index contributed by atoms with van der Waals surface area (Å²) in [5.41, 5.74) is 24.5. The zero-order chi connectivity index (χ0) is 97.1. The number of piperazine rings is 2. The number of anilines is 4. The van der Waals surface area contributed by atoms with Gasteiger partial charge < -0.3 is 116 Å². The van der Waals surface area contributed by atoms with Gasteiger partial charge in [-0.05, 0) is 138 Å². The Hall–Kier alpha value is -10.2. The number of aryl methyl sites for hydroxylation is 1. The molecule has 136 heavy (non-hydrogen) atoms. The summed E-state index contributed by atoms with van der Waals surface area (Å²) in [6.07, 6.45) is 16.5. The number of allylic oxidation sites excluding steroid dienone is 2. The van der Waals surface area contributed by atoms with Crippen molar-refractivity contribution in [2.45, 2.75) is 235 Å². The SMILES string of the molecule is CO[C@H]1C[C@@H]2CC[C@@H](C)[C@@](O)(O2)C(=O)C(=O)N2CCCC[C@H]2C(=O)O[C@H]([C@H](N)C[C@H]2CC[C@H](O)CC2)C[C@@H](O)[C@H](C)/C=C(\C)[C@@H](O)[C@@H](OC)C(=N)[C@H](C)C[C@H](C)SC(COCC(=O)NCc2cnc(N3CCN(C(=O)CCOCCN4CCN(c5ncc(C(=O)NCCOCCC(=O)NCCCCn6nc(-c7ccc8oc(N)nc8c7)c7c(N)ncnc76)cn5)CC4)CC3)nc2)/C=C/C=C/1C. The summed E-state index contributed by atoms with van der Waals surface area (Å²) in [7, 11) is 2.99. The van der Waals surface area contributed by atoms with Gasteiger partial charge in [0.25, 0.3) is 23.6 Å². The maximum Gasteiger partial charge on any atom is 0.329 e. The summed E-state index contributed by atoms with van der Waals surface area (Å²) < 4.78 is 49.4. The van der Waals surface area contributed by atoms with Crippen molar-refractivity contribution in [1.29, 1.82) is 5.41 Å². The lowest BCUT2D eigenvalue weighted by molar-refractivity contribution is -0.265. The number of carbonyl (C=O) groups excluding carboxylic acids is 7. The van der Waals surface area contributed by atoms with Crippen molar-refractivity contribution in [1.82, 2.24) is 75.3 Å². The molecule has 744 valence electrons. The molecule has 6 aromatic rings. The lowest BCUT2D eigenvalue weighted by Crippen LogP contribution is -2.61. The van der Waals surface area contributed by atoms with Crippen LogP contribution in [-0.4, -0.2) is 330 Å². The fraction of sp³-hybridized carbons (Fsp3) is 0.642. The highest BCUT2D eigenvalue weighted by atomic mass is 32.2. The molecular formula is C95H139N21O19S. The van der Waals surface area contributed by atoms with Crippen LogP contribution in [0.5, 0.6) is 0 Å². The van der Waals surface area contributed by atoms with Crippen molar-refractivity contribution in [2.24, 2.45) is 29.4 Å². The fourth-order valence-electron chi connectivity index (χ4n) is 18.4. The molecule has 4 saturated heterocycles. The number of ketones is 1. The lowest BCUT2D eigenvalue weighted by atomic mass is 9.81. The number of nitrogens with zero attached hydrogens (tertiary/aromatic N) is 14. The number of ether oxygens (including phenoxy) is 7. The predicted molar refractivity (Wildman–Crippen MR) is 511 cm³/mol. The molecule has 41 heteroatoms. The molecule has 0 spiro atoms. The van der Waals surface area contributed by atoms with Gasteiger partial charge in [0.1, 0.15) is 54.3 Å². The van der Waals surface area contributed by atoms with Crippen LogP contribution in [0, 0.1) is 29.1 Å². The average Bonchev–Trinajstić information content (AvgIpc) is 1.70. The van der Waals surface area contributed by atoms with Crippen LogP contribution in [0.1, 0.15) is 167 Å². The number of Topliss-reactive ketones (excluding diaryl/α,β-unsaturated/α-hetero) is 1. The zero-order valence-electron chi connectivity index (χ0n) is 79.6. The molecule has 5 aromatic heterocycles. The van der Waals surface area contributed by atoms with Gasteiger partial charge in [-0.1, -0.05) is 52.0 Å². The molecular weight excluding hydrogens is 1770 g/mol. The number of oxazole rings is 1. The van der Waals surface area contributed by atoms with Gasteiger partial charge in [-0.25, -0.2) is 39.4 Å². The number of carbonyl (C=O) groups is 7. The number of nitrogens with one attached hydrogen (secondary N) is 4. The minimum Gasteiger partial charge on any atom is -0.459 e. The minimum atomic E-state index is -2.52. The number of nitrogens with two attached hydrogens (primary N) is 3. The number of aliphatic hydroxyl groups is 4. The van der Waals surface area contributed by atoms with Crippen molar-refractivity contribution >= 4 is 105 Å². The molecule has 5 fully saturated rings. The van der Waals surface area contributed by atoms with Crippen molar-refractivity contribution in [2.75, 3.05) is 154 Å². The van der Waals surface area contributed by atoms with Gasteiger partial charge in [0, 0.05) is 195 Å². The Kier molecular flexibility index (Phi) is 39.3. The van der Waals surface area contributed by atoms with E-state index in [1.807, 2.05) is 60.9 Å². The topological polar surface area (TPSA) is 540 Å². The lowest BCUT2D eigenvalue weighted by Gasteiger charge is -2.42. The van der Waals surface area contributed by atoms with Crippen LogP contribution >= 0.6 is 11.8 Å². The van der Waals surface area contributed by atoms with E-state index in [1.54, 1.807) is 68.9 Å². The van der Waals surface area contributed by atoms with E-state index in [-0.39, 0.29) is 136 Å². The Labute approximate surface area is 798 Å². The molecule has 5 amide bonds. The van der Waals surface area contributed by atoms with Crippen molar-refractivity contribution in [3.05, 3.63) is 95.9 Å². The van der Waals surface area contributed by atoms with Crippen LogP contribution in [-0.2, 0) is 75.0 Å². The molecule has 40 nitrogen and oxygen atoms in total. The molecule has 12 rings (SSSR count). The highest BCUT2D eigenvalue weighted by molar-refractivity contribution is 8.00. The van der Waals surface area contributed by atoms with Crippen LogP contribution in [0.4, 0.5) is 23.7 Å². The van der Waals surface area contributed by atoms with E-state index in [0.29, 0.717) is 199 Å². The van der Waals surface area contributed by atoms with Crippen LogP contribution in [0.2, 0.25) is 0 Å². The summed E-state index contributed by atoms with van der Waals surface area (Å²) in [4.78, 5) is 136. The molecule has 14 atom stereocenters. The molecule has 1 unspecified atom stereocenters. The third kappa shape index (κ3) is 29.0. The smallest absolute Gasteiger partial charge is 0.329 e. The first-order valence-corrected chi connectivity index (χ1v) is 48.8. The predicted octanol–water partition coefficient (Wildman–Crippen LogP) is 5.42. The summed E-state index contributed by atoms with van der Waals surface area (Å²) in [5.74, 6) is -6.72. The normalized spacial score (nSPS) is 27.3. The van der Waals surface area contributed by atoms with Crippen LogP contribution < -0.4 is 43.0 Å². The van der Waals surface area contributed by atoms with Crippen molar-refractivity contribution in [3.63, 3.8) is 0 Å². The number of nitrogen functional groups attached to an aromatic ring is 2. The van der Waals surface area contributed by atoms with E-state index in [2.05, 4.69) is 60.6 Å². The van der Waals surface area contributed by atoms with Gasteiger partial charge in [-0.2, -0.15) is 10.1 Å². The summed E-state index contributed by atoms with van der Waals surface area (Å²) in [6, 6.07) is 3.58. The standard InChI is InChI=1S/C95H139N21O19S/c1-58-14-13-15-70(136-63(6)45-60(3)82(97)85(129-8)84(122)61(4)44-59(2)74(118)49-77(71(96)46-64-18-21-68(117)22-19-64)133-91(126)73-16-9-11-29-115(73)90(125)86(123)95(127)62(5)17-23-69(135-95)48-76(58)128-7)55-132-56-79(120)102-50-65-51-103-93(104-52-65)114-37-35-112(36-38-114)80(121)26-41-131-43-39-111-31-33-113(34-32-111)94-105-53-67(54-106-94)89(124)101-28-42-130-40-25-78(119)100-27-10-12-30-116-88-81(87(98)107-57-108-88)83(110-116)66-20-24-75-72(47-66)109-92(99)134-75/h13-15,20,24,44,47,51-54,57,59-60,62-64,68-71,73-74,76-77,84-85,97,117-118,122,127H,9-12,16-19,21-23,25-43,45-46,48-50,55-56,96H2,1-8H3,(H2,99,109)(H,100,119)(H,101,124)(H,102,120)(H2,98,107,108)/b15-13+,58-14+,61-44+,97-82?/t59-,60-,62-,63+,64-,68-,69+,70?,71-,73+,74-,76+,77+,84-,85+,95-/m1/s1. The number of cyclic esters (lactones) is 1. The maximum absolute atomic E-state index is 14.6. The molecule has 2 bridgehead atoms. The Morgan fingerprint density at radius 2 is 1.45 bits per heavy atom. The number of methoxy groups -OCH3 is 2. The molecule has 0 radical (unpaired) electrons. The highest BCUT2D eigenvalue weighted by Crippen LogP contribution is 2.39. The summed E-state index contributed by atoms with van der Waals surface area (Å²) in [5, 5.41) is 69.5. The van der Waals surface area contributed by atoms with Crippen LogP contribution in [0.25, 0.3) is 33.4 Å². The van der Waals surface area contributed by atoms with E-state index in [0.717, 1.165) is 37.1 Å². The zero-order valence-corrected chi connectivity index (χ0v) is 80.4. The number of thioether (sulfide) groups is 1. The highest BCUT2D eigenvalue weighted by Gasteiger charge is 2.53. The molecule has 5 aliphatic heterocycles. The van der Waals surface area contributed by atoms with Gasteiger partial charge in [-0.3, -0.25) is 33.7 Å². The number of hydrogen-bond acceptors (Lipinski definition) is 35. The van der Waals surface area contributed by atoms with E-state index in [4.69, 9.17) is 59.9 Å². The molecule has 1 saturated carbocycles. The van der Waals surface area contributed by atoms with Gasteiger partial charge in [0.05, 0.1) is 74.8 Å². The molecule has 10 heterocycles. The van der Waals surface area contributed by atoms with Gasteiger partial charge in [0.2, 0.25) is 35.4 Å². The number of amides is 5. The quantitative estimate of drug-likeness (QED) is 0.0109. The van der Waals surface area contributed by atoms with E-state index in [1.165, 1.54) is 30.7 Å². The number of unbranched alkanes of at least 4 members (excludes halogenated alkanes) is 1. The Morgan fingerprint density at radius 3 is 2.18 bits per heavy atom. The second-order valence-corrected chi connectivity index (χ2v) is 38.4. The number of hydrogen-bond donors (Lipinski definition) is 11. The van der Waals surface area contributed by atoms with Gasteiger partial charge in [0.15, 0.2) is 11.2 Å².